The van der Waals surface area contributed by atoms with Gasteiger partial charge in [0, 0.05) is 6.07 Å². The molecule has 0 aromatic heterocycles. The summed E-state index contributed by atoms with van der Waals surface area (Å²) in [6.45, 7) is 6.37. The molecule has 3 heteroatoms. The third kappa shape index (κ3) is 3.74. The molecule has 16 heavy (non-hydrogen) atoms. The summed E-state index contributed by atoms with van der Waals surface area (Å²) in [4.78, 5) is 0. The molecule has 0 amide bonds. The van der Waals surface area contributed by atoms with Crippen LogP contribution in [0.4, 0.5) is 0 Å². The maximum Gasteiger partial charge on any atom is 0.123 e. The summed E-state index contributed by atoms with van der Waals surface area (Å²) in [5.41, 5.74) is 0. The molecule has 3 nitrogen and oxygen atoms in total. The lowest BCUT2D eigenvalue weighted by atomic mass is 10.2. The molecule has 1 rings (SSSR count). The molecule has 0 aliphatic carbocycles. The quantitative estimate of drug-likeness (QED) is 0.807. The third-order valence-corrected chi connectivity index (χ3v) is 2.40. The molecule has 0 saturated carbocycles. The van der Waals surface area contributed by atoms with Crippen molar-refractivity contribution in [3.05, 3.63) is 24.3 Å². The van der Waals surface area contributed by atoms with Gasteiger partial charge in [0.15, 0.2) is 0 Å². The predicted octanol–water partition coefficient (Wildman–Crippen LogP) is 2.62. The van der Waals surface area contributed by atoms with Crippen molar-refractivity contribution in [1.29, 1.82) is 0 Å². The van der Waals surface area contributed by atoms with E-state index < -0.39 is 6.10 Å². The van der Waals surface area contributed by atoms with Gasteiger partial charge in [-0.1, -0.05) is 13.0 Å². The first-order valence-electron chi connectivity index (χ1n) is 5.75. The molecule has 1 N–H and O–H groups in total. The lowest BCUT2D eigenvalue weighted by molar-refractivity contribution is 0.0450. The van der Waals surface area contributed by atoms with Crippen LogP contribution >= 0.6 is 0 Å². The SMILES string of the molecule is CCOc1cccc(OC(C)C(O)CC)c1. The fourth-order valence-corrected chi connectivity index (χ4v) is 1.43. The predicted molar refractivity (Wildman–Crippen MR) is 64.0 cm³/mol. The first-order valence-corrected chi connectivity index (χ1v) is 5.75. The maximum absolute atomic E-state index is 9.60. The van der Waals surface area contributed by atoms with Crippen LogP contribution in [0.3, 0.4) is 0 Å². The Morgan fingerprint density at radius 2 is 1.94 bits per heavy atom. The van der Waals surface area contributed by atoms with Crippen LogP contribution in [0.2, 0.25) is 0 Å². The molecular weight excluding hydrogens is 204 g/mol. The lowest BCUT2D eigenvalue weighted by Crippen LogP contribution is -2.27. The third-order valence-electron chi connectivity index (χ3n) is 2.40. The molecular formula is C13H20O3. The second-order valence-corrected chi connectivity index (χ2v) is 3.71. The van der Waals surface area contributed by atoms with E-state index >= 15 is 0 Å². The van der Waals surface area contributed by atoms with Crippen molar-refractivity contribution in [2.75, 3.05) is 6.61 Å². The zero-order valence-corrected chi connectivity index (χ0v) is 10.1. The number of benzene rings is 1. The zero-order valence-electron chi connectivity index (χ0n) is 10.1. The van der Waals surface area contributed by atoms with Gasteiger partial charge in [-0.15, -0.1) is 0 Å². The van der Waals surface area contributed by atoms with Crippen molar-refractivity contribution < 1.29 is 14.6 Å². The van der Waals surface area contributed by atoms with E-state index in [1.54, 1.807) is 0 Å². The Morgan fingerprint density at radius 3 is 2.56 bits per heavy atom. The minimum atomic E-state index is -0.434. The monoisotopic (exact) mass is 224 g/mol. The average Bonchev–Trinajstić information content (AvgIpc) is 2.29. The Balaban J connectivity index is 2.62. The summed E-state index contributed by atoms with van der Waals surface area (Å²) in [6.07, 6.45) is 0.0457. The van der Waals surface area contributed by atoms with Gasteiger partial charge in [-0.2, -0.15) is 0 Å². The number of aliphatic hydroxyl groups excluding tert-OH is 1. The van der Waals surface area contributed by atoms with E-state index in [0.717, 1.165) is 11.5 Å². The van der Waals surface area contributed by atoms with Crippen LogP contribution in [0.15, 0.2) is 24.3 Å². The van der Waals surface area contributed by atoms with E-state index in [2.05, 4.69) is 0 Å². The minimum absolute atomic E-state index is 0.207. The summed E-state index contributed by atoms with van der Waals surface area (Å²) in [6, 6.07) is 7.46. The number of hydrogen-bond acceptors (Lipinski definition) is 3. The van der Waals surface area contributed by atoms with Gasteiger partial charge in [-0.25, -0.2) is 0 Å². The number of rotatable bonds is 6. The summed E-state index contributed by atoms with van der Waals surface area (Å²) >= 11 is 0. The second kappa shape index (κ2) is 6.38. The second-order valence-electron chi connectivity index (χ2n) is 3.71. The minimum Gasteiger partial charge on any atom is -0.494 e. The number of hydrogen-bond donors (Lipinski definition) is 1. The van der Waals surface area contributed by atoms with E-state index in [0.29, 0.717) is 13.0 Å². The standard InChI is InChI=1S/C13H20O3/c1-4-13(14)10(3)16-12-8-6-7-11(9-12)15-5-2/h6-10,13-14H,4-5H2,1-3H3. The fourth-order valence-electron chi connectivity index (χ4n) is 1.43. The summed E-state index contributed by atoms with van der Waals surface area (Å²) in [7, 11) is 0. The van der Waals surface area contributed by atoms with Gasteiger partial charge in [0.2, 0.25) is 0 Å². The molecule has 0 bridgehead atoms. The van der Waals surface area contributed by atoms with E-state index in [9.17, 15) is 5.11 Å². The molecule has 0 heterocycles. The van der Waals surface area contributed by atoms with Crippen molar-refractivity contribution in [2.24, 2.45) is 0 Å². The van der Waals surface area contributed by atoms with Crippen molar-refractivity contribution >= 4 is 0 Å². The van der Waals surface area contributed by atoms with Gasteiger partial charge >= 0.3 is 0 Å². The van der Waals surface area contributed by atoms with Gasteiger partial charge in [-0.3, -0.25) is 0 Å². The highest BCUT2D eigenvalue weighted by Gasteiger charge is 2.13. The highest BCUT2D eigenvalue weighted by molar-refractivity contribution is 5.33. The highest BCUT2D eigenvalue weighted by atomic mass is 16.5. The van der Waals surface area contributed by atoms with Crippen LogP contribution in [0.25, 0.3) is 0 Å². The molecule has 0 aliphatic rings. The van der Waals surface area contributed by atoms with Crippen LogP contribution < -0.4 is 9.47 Å². The average molecular weight is 224 g/mol. The van der Waals surface area contributed by atoms with E-state index in [1.807, 2.05) is 45.0 Å². The molecule has 0 fully saturated rings. The smallest absolute Gasteiger partial charge is 0.123 e. The summed E-state index contributed by atoms with van der Waals surface area (Å²) in [5, 5.41) is 9.60. The maximum atomic E-state index is 9.60. The van der Waals surface area contributed by atoms with Crippen molar-refractivity contribution in [2.45, 2.75) is 39.4 Å². The molecule has 2 unspecified atom stereocenters. The van der Waals surface area contributed by atoms with Crippen molar-refractivity contribution in [3.63, 3.8) is 0 Å². The Bertz CT molecular complexity index is 312. The number of aliphatic hydroxyl groups is 1. The molecule has 0 radical (unpaired) electrons. The largest absolute Gasteiger partial charge is 0.494 e. The summed E-state index contributed by atoms with van der Waals surface area (Å²) < 4.78 is 11.0. The highest BCUT2D eigenvalue weighted by Crippen LogP contribution is 2.21. The summed E-state index contributed by atoms with van der Waals surface area (Å²) in [5.74, 6) is 1.52. The van der Waals surface area contributed by atoms with Crippen LogP contribution in [0, 0.1) is 0 Å². The van der Waals surface area contributed by atoms with Gasteiger partial charge in [0.1, 0.15) is 17.6 Å². The van der Waals surface area contributed by atoms with Crippen LogP contribution in [0.1, 0.15) is 27.2 Å². The molecule has 90 valence electrons. The van der Waals surface area contributed by atoms with Gasteiger partial charge in [0.25, 0.3) is 0 Å². The van der Waals surface area contributed by atoms with Crippen molar-refractivity contribution in [1.82, 2.24) is 0 Å². The van der Waals surface area contributed by atoms with E-state index in [-0.39, 0.29) is 6.10 Å². The first kappa shape index (κ1) is 12.8. The zero-order chi connectivity index (χ0) is 12.0. The molecule has 2 atom stereocenters. The van der Waals surface area contributed by atoms with Crippen LogP contribution in [-0.4, -0.2) is 23.9 Å². The van der Waals surface area contributed by atoms with E-state index in [4.69, 9.17) is 9.47 Å². The molecule has 1 aromatic rings. The Kier molecular flexibility index (Phi) is 5.12. The van der Waals surface area contributed by atoms with E-state index in [1.165, 1.54) is 0 Å². The van der Waals surface area contributed by atoms with Crippen molar-refractivity contribution in [3.8, 4) is 11.5 Å². The molecule has 0 spiro atoms. The molecule has 0 saturated heterocycles. The first-order chi connectivity index (χ1) is 7.67. The van der Waals surface area contributed by atoms with Gasteiger partial charge < -0.3 is 14.6 Å². The Morgan fingerprint density at radius 1 is 1.25 bits per heavy atom. The lowest BCUT2D eigenvalue weighted by Gasteiger charge is -2.19. The number of ether oxygens (including phenoxy) is 2. The van der Waals surface area contributed by atoms with Crippen LogP contribution in [-0.2, 0) is 0 Å². The topological polar surface area (TPSA) is 38.7 Å². The Hall–Kier alpha value is -1.22. The molecule has 1 aromatic carbocycles. The van der Waals surface area contributed by atoms with Crippen LogP contribution in [0.5, 0.6) is 11.5 Å². The van der Waals surface area contributed by atoms with Gasteiger partial charge in [0.05, 0.1) is 12.7 Å². The normalized spacial score (nSPS) is 14.2. The van der Waals surface area contributed by atoms with Gasteiger partial charge in [-0.05, 0) is 32.4 Å². The Labute approximate surface area is 97.0 Å². The molecule has 0 aliphatic heterocycles. The fraction of sp³-hybridized carbons (Fsp3) is 0.538.